The van der Waals surface area contributed by atoms with Crippen molar-refractivity contribution in [3.8, 4) is 0 Å². The second kappa shape index (κ2) is 7.76. The first-order valence-electron chi connectivity index (χ1n) is 9.70. The fraction of sp³-hybridized carbons (Fsp3) is 0.130. The monoisotopic (exact) mass is 413 g/mol. The number of carbonyl (C=O) groups excluding carboxylic acids is 1. The van der Waals surface area contributed by atoms with Crippen LogP contribution in [0.4, 0.5) is 0 Å². The van der Waals surface area contributed by atoms with Gasteiger partial charge in [0.1, 0.15) is 5.52 Å². The number of rotatable bonds is 5. The third-order valence-corrected chi connectivity index (χ3v) is 5.94. The molecule has 0 saturated carbocycles. The molecular formula is C23H19N5OS. The van der Waals surface area contributed by atoms with Crippen molar-refractivity contribution in [3.63, 3.8) is 0 Å². The largest absolute Gasteiger partial charge is 0.349 e. The summed E-state index contributed by atoms with van der Waals surface area (Å²) in [7, 11) is 0. The normalized spacial score (nSPS) is 12.4. The number of aromatic amines is 1. The van der Waals surface area contributed by atoms with E-state index in [-0.39, 0.29) is 17.7 Å². The van der Waals surface area contributed by atoms with Crippen molar-refractivity contribution >= 4 is 50.5 Å². The molecule has 3 aromatic carbocycles. The van der Waals surface area contributed by atoms with Crippen LogP contribution in [0.25, 0.3) is 32.8 Å². The van der Waals surface area contributed by atoms with Gasteiger partial charge in [0.05, 0.1) is 11.8 Å². The van der Waals surface area contributed by atoms with Gasteiger partial charge in [-0.3, -0.25) is 4.79 Å². The Balaban J connectivity index is 1.28. The fourth-order valence-electron chi connectivity index (χ4n) is 3.69. The molecule has 2 heterocycles. The molecule has 0 aliphatic rings. The van der Waals surface area contributed by atoms with E-state index in [0.29, 0.717) is 10.8 Å². The Morgan fingerprint density at radius 1 is 1.00 bits per heavy atom. The quantitative estimate of drug-likeness (QED) is 0.411. The van der Waals surface area contributed by atoms with Crippen LogP contribution in [0, 0.1) is 0 Å². The number of para-hydroxylation sites is 1. The van der Waals surface area contributed by atoms with Crippen molar-refractivity contribution in [2.75, 3.05) is 5.75 Å². The lowest BCUT2D eigenvalue weighted by Gasteiger charge is -2.16. The lowest BCUT2D eigenvalue weighted by atomic mass is 10.00. The van der Waals surface area contributed by atoms with E-state index in [1.165, 1.54) is 11.8 Å². The molecule has 1 atom stereocenters. The number of aromatic nitrogens is 4. The van der Waals surface area contributed by atoms with Gasteiger partial charge in [-0.2, -0.15) is 0 Å². The number of benzene rings is 3. The summed E-state index contributed by atoms with van der Waals surface area (Å²) in [5.74, 6) is 0.156. The van der Waals surface area contributed by atoms with Gasteiger partial charge in [-0.25, -0.2) is 4.98 Å². The summed E-state index contributed by atoms with van der Waals surface area (Å²) in [6, 6.07) is 22.1. The van der Waals surface area contributed by atoms with Gasteiger partial charge in [-0.1, -0.05) is 72.4 Å². The minimum absolute atomic E-state index is 0.0687. The molecule has 2 N–H and O–H groups in total. The molecule has 5 aromatic rings. The van der Waals surface area contributed by atoms with E-state index < -0.39 is 0 Å². The van der Waals surface area contributed by atoms with Crippen LogP contribution in [-0.4, -0.2) is 31.8 Å². The highest BCUT2D eigenvalue weighted by Gasteiger charge is 2.14. The highest BCUT2D eigenvalue weighted by molar-refractivity contribution is 7.99. The average molecular weight is 414 g/mol. The van der Waals surface area contributed by atoms with Crippen LogP contribution >= 0.6 is 11.8 Å². The van der Waals surface area contributed by atoms with Crippen molar-refractivity contribution in [1.82, 2.24) is 25.5 Å². The summed E-state index contributed by atoms with van der Waals surface area (Å²) in [4.78, 5) is 20.3. The first-order valence-corrected chi connectivity index (χ1v) is 10.7. The third kappa shape index (κ3) is 3.48. The Bertz CT molecular complexity index is 1370. The molecule has 0 spiro atoms. The number of amides is 1. The van der Waals surface area contributed by atoms with E-state index in [2.05, 4.69) is 49.7 Å². The molecule has 7 heteroatoms. The Hall–Kier alpha value is -3.45. The Morgan fingerprint density at radius 2 is 1.77 bits per heavy atom. The summed E-state index contributed by atoms with van der Waals surface area (Å²) in [5.41, 5.74) is 3.49. The zero-order valence-electron chi connectivity index (χ0n) is 16.3. The second-order valence-corrected chi connectivity index (χ2v) is 8.05. The van der Waals surface area contributed by atoms with Gasteiger partial charge in [0.2, 0.25) is 11.1 Å². The number of nitrogens with zero attached hydrogens (tertiary/aromatic N) is 3. The summed E-state index contributed by atoms with van der Waals surface area (Å²) < 4.78 is 0. The molecule has 0 radical (unpaired) electrons. The van der Waals surface area contributed by atoms with Gasteiger partial charge in [0, 0.05) is 10.9 Å². The van der Waals surface area contributed by atoms with Crippen molar-refractivity contribution in [2.45, 2.75) is 18.1 Å². The van der Waals surface area contributed by atoms with Crippen LogP contribution in [0.2, 0.25) is 0 Å². The van der Waals surface area contributed by atoms with Crippen molar-refractivity contribution in [2.24, 2.45) is 0 Å². The van der Waals surface area contributed by atoms with Gasteiger partial charge in [-0.05, 0) is 29.3 Å². The zero-order valence-corrected chi connectivity index (χ0v) is 17.1. The van der Waals surface area contributed by atoms with Crippen LogP contribution < -0.4 is 5.32 Å². The molecule has 0 bridgehead atoms. The maximum atomic E-state index is 12.5. The molecule has 2 aromatic heterocycles. The van der Waals surface area contributed by atoms with Crippen LogP contribution in [0.15, 0.2) is 71.9 Å². The van der Waals surface area contributed by atoms with Crippen LogP contribution in [0.5, 0.6) is 0 Å². The van der Waals surface area contributed by atoms with Crippen molar-refractivity contribution in [1.29, 1.82) is 0 Å². The molecule has 0 fully saturated rings. The van der Waals surface area contributed by atoms with Crippen molar-refractivity contribution in [3.05, 3.63) is 72.3 Å². The molecule has 0 aliphatic carbocycles. The highest BCUT2D eigenvalue weighted by Crippen LogP contribution is 2.25. The minimum atomic E-state index is -0.0978. The van der Waals surface area contributed by atoms with Gasteiger partial charge < -0.3 is 10.3 Å². The second-order valence-electron chi connectivity index (χ2n) is 7.11. The number of carbonyl (C=O) groups is 1. The Morgan fingerprint density at radius 3 is 2.67 bits per heavy atom. The summed E-state index contributed by atoms with van der Waals surface area (Å²) >= 11 is 1.28. The molecule has 148 valence electrons. The molecule has 1 amide bonds. The van der Waals surface area contributed by atoms with E-state index in [9.17, 15) is 4.79 Å². The van der Waals surface area contributed by atoms with Crippen LogP contribution in [0.3, 0.4) is 0 Å². The molecule has 0 unspecified atom stereocenters. The topological polar surface area (TPSA) is 83.6 Å². The zero-order chi connectivity index (χ0) is 20.5. The lowest BCUT2D eigenvalue weighted by molar-refractivity contribution is -0.119. The molecular weight excluding hydrogens is 394 g/mol. The fourth-order valence-corrected chi connectivity index (χ4v) is 4.28. The van der Waals surface area contributed by atoms with Crippen LogP contribution in [0.1, 0.15) is 18.5 Å². The summed E-state index contributed by atoms with van der Waals surface area (Å²) in [5, 5.41) is 15.3. The predicted octanol–water partition coefficient (Wildman–Crippen LogP) is 4.63. The number of H-pyrrole nitrogens is 1. The van der Waals surface area contributed by atoms with Gasteiger partial charge in [-0.15, -0.1) is 10.2 Å². The maximum Gasteiger partial charge on any atom is 0.230 e. The molecule has 0 aliphatic heterocycles. The first kappa shape index (κ1) is 18.6. The molecule has 5 rings (SSSR count). The first-order chi connectivity index (χ1) is 14.7. The Kier molecular flexibility index (Phi) is 4.80. The minimum Gasteiger partial charge on any atom is -0.349 e. The molecule has 0 saturated heterocycles. The number of nitrogens with one attached hydrogen (secondary N) is 2. The van der Waals surface area contributed by atoms with E-state index in [1.807, 2.05) is 49.4 Å². The maximum absolute atomic E-state index is 12.5. The van der Waals surface area contributed by atoms with Gasteiger partial charge in [0.15, 0.2) is 5.65 Å². The third-order valence-electron chi connectivity index (χ3n) is 5.10. The Labute approximate surface area is 177 Å². The number of hydrogen-bond acceptors (Lipinski definition) is 5. The summed E-state index contributed by atoms with van der Waals surface area (Å²) in [6.07, 6.45) is 0. The SMILES string of the molecule is C[C@@H](NC(=O)CSc1nnc2c(n1)[nH]c1ccccc12)c1cccc2ccccc12. The van der Waals surface area contributed by atoms with Gasteiger partial charge >= 0.3 is 0 Å². The van der Waals surface area contributed by atoms with E-state index in [0.717, 1.165) is 32.8 Å². The predicted molar refractivity (Wildman–Crippen MR) is 120 cm³/mol. The number of thioether (sulfide) groups is 1. The highest BCUT2D eigenvalue weighted by atomic mass is 32.2. The average Bonchev–Trinajstić information content (AvgIpc) is 3.15. The smallest absolute Gasteiger partial charge is 0.230 e. The van der Waals surface area contributed by atoms with Crippen molar-refractivity contribution < 1.29 is 4.79 Å². The van der Waals surface area contributed by atoms with E-state index in [1.54, 1.807) is 0 Å². The van der Waals surface area contributed by atoms with Gasteiger partial charge in [0.25, 0.3) is 0 Å². The van der Waals surface area contributed by atoms with E-state index in [4.69, 9.17) is 0 Å². The van der Waals surface area contributed by atoms with E-state index >= 15 is 0 Å². The summed E-state index contributed by atoms with van der Waals surface area (Å²) in [6.45, 7) is 2.00. The molecule has 6 nitrogen and oxygen atoms in total. The van der Waals surface area contributed by atoms with Crippen LogP contribution in [-0.2, 0) is 4.79 Å². The molecule has 30 heavy (non-hydrogen) atoms. The standard InChI is InChI=1S/C23H19N5OS/c1-14(16-11-6-8-15-7-2-3-9-17(15)16)24-20(29)13-30-23-26-22-21(27-28-23)18-10-4-5-12-19(18)25-22/h2-12,14H,13H2,1H3,(H,24,29)(H,25,26,28)/t14-/m1/s1. The number of fused-ring (bicyclic) bond motifs is 4. The lowest BCUT2D eigenvalue weighted by Crippen LogP contribution is -2.28. The number of hydrogen-bond donors (Lipinski definition) is 2.